The normalized spacial score (nSPS) is 12.2. The molecule has 0 unspecified atom stereocenters. The molecule has 1 aliphatic rings. The van der Waals surface area contributed by atoms with E-state index in [9.17, 15) is 18.8 Å². The quantitative estimate of drug-likeness (QED) is 0.727. The predicted molar refractivity (Wildman–Crippen MR) is 106 cm³/mol. The maximum atomic E-state index is 12.9. The molecule has 0 aromatic heterocycles. The molecule has 3 rings (SSSR count). The van der Waals surface area contributed by atoms with E-state index in [0.29, 0.717) is 5.69 Å². The van der Waals surface area contributed by atoms with Gasteiger partial charge in [-0.15, -0.1) is 0 Å². The van der Waals surface area contributed by atoms with Gasteiger partial charge in [0.15, 0.2) is 6.61 Å². The number of amides is 2. The van der Waals surface area contributed by atoms with E-state index in [1.54, 1.807) is 0 Å². The van der Waals surface area contributed by atoms with Gasteiger partial charge >= 0.3 is 5.97 Å². The van der Waals surface area contributed by atoms with Gasteiger partial charge in [-0.3, -0.25) is 14.4 Å². The van der Waals surface area contributed by atoms with Crippen LogP contribution < -0.4 is 5.32 Å². The van der Waals surface area contributed by atoms with Gasteiger partial charge in [0.05, 0.1) is 13.0 Å². The van der Waals surface area contributed by atoms with E-state index in [1.165, 1.54) is 47.3 Å². The molecule has 0 atom stereocenters. The fourth-order valence-corrected chi connectivity index (χ4v) is 3.24. The van der Waals surface area contributed by atoms with E-state index < -0.39 is 30.2 Å². The number of carbonyl (C=O) groups is 3. The summed E-state index contributed by atoms with van der Waals surface area (Å²) in [5, 5.41) is 2.57. The maximum Gasteiger partial charge on any atom is 0.310 e. The second-order valence-electron chi connectivity index (χ2n) is 7.10. The molecule has 7 heteroatoms. The average Bonchev–Trinajstić information content (AvgIpc) is 3.15. The van der Waals surface area contributed by atoms with Crippen LogP contribution in [0.25, 0.3) is 0 Å². The zero-order valence-corrected chi connectivity index (χ0v) is 16.2. The average molecular weight is 398 g/mol. The molecule has 6 nitrogen and oxygen atoms in total. The number of ether oxygens (including phenoxy) is 1. The van der Waals surface area contributed by atoms with Crippen molar-refractivity contribution in [3.63, 3.8) is 0 Å². The van der Waals surface area contributed by atoms with Gasteiger partial charge in [-0.1, -0.05) is 18.2 Å². The molecular formula is C22H23FN2O4. The number of rotatable bonds is 7. The monoisotopic (exact) mass is 398 g/mol. The Labute approximate surface area is 168 Å². The minimum Gasteiger partial charge on any atom is -0.455 e. The van der Waals surface area contributed by atoms with E-state index in [-0.39, 0.29) is 13.0 Å². The Morgan fingerprint density at radius 2 is 1.79 bits per heavy atom. The predicted octanol–water partition coefficient (Wildman–Crippen LogP) is 2.50. The van der Waals surface area contributed by atoms with Gasteiger partial charge in [-0.2, -0.15) is 0 Å². The first-order valence-corrected chi connectivity index (χ1v) is 9.46. The lowest BCUT2D eigenvalue weighted by Gasteiger charge is -2.17. The van der Waals surface area contributed by atoms with Crippen molar-refractivity contribution in [2.24, 2.45) is 0 Å². The van der Waals surface area contributed by atoms with Crippen molar-refractivity contribution in [1.82, 2.24) is 4.90 Å². The Morgan fingerprint density at radius 3 is 2.55 bits per heavy atom. The van der Waals surface area contributed by atoms with Crippen molar-refractivity contribution < 1.29 is 23.5 Å². The van der Waals surface area contributed by atoms with Crippen LogP contribution in [0.4, 0.5) is 10.1 Å². The van der Waals surface area contributed by atoms with E-state index in [4.69, 9.17) is 4.74 Å². The topological polar surface area (TPSA) is 75.7 Å². The molecule has 1 N–H and O–H groups in total. The molecule has 0 heterocycles. The number of esters is 1. The standard InChI is InChI=1S/C22H23FN2O4/c1-25(13-20(26)24-19-9-7-18(23)8-10-19)21(27)14-29-22(28)12-15-5-6-16-3-2-4-17(16)11-15/h5-11H,2-4,12-14H2,1H3,(H,24,26). The van der Waals surface area contributed by atoms with Crippen molar-refractivity contribution in [2.75, 3.05) is 25.5 Å². The maximum absolute atomic E-state index is 12.9. The minimum atomic E-state index is -0.486. The summed E-state index contributed by atoms with van der Waals surface area (Å²) in [6, 6.07) is 11.3. The molecule has 0 fully saturated rings. The lowest BCUT2D eigenvalue weighted by atomic mass is 10.0. The summed E-state index contributed by atoms with van der Waals surface area (Å²) in [4.78, 5) is 37.3. The Bertz CT molecular complexity index is 912. The van der Waals surface area contributed by atoms with Crippen LogP contribution in [0.15, 0.2) is 42.5 Å². The van der Waals surface area contributed by atoms with Gasteiger partial charge < -0.3 is 15.0 Å². The molecule has 1 aliphatic carbocycles. The number of anilines is 1. The summed E-state index contributed by atoms with van der Waals surface area (Å²) in [5.74, 6) is -1.81. The van der Waals surface area contributed by atoms with E-state index in [0.717, 1.165) is 24.8 Å². The third-order valence-electron chi connectivity index (χ3n) is 4.80. The molecule has 29 heavy (non-hydrogen) atoms. The lowest BCUT2D eigenvalue weighted by molar-refractivity contribution is -0.151. The molecule has 2 aromatic carbocycles. The Balaban J connectivity index is 1.41. The Kier molecular flexibility index (Phi) is 6.59. The fraction of sp³-hybridized carbons (Fsp3) is 0.318. The molecule has 0 saturated carbocycles. The number of benzene rings is 2. The highest BCUT2D eigenvalue weighted by molar-refractivity contribution is 5.94. The van der Waals surface area contributed by atoms with E-state index in [2.05, 4.69) is 5.32 Å². The van der Waals surface area contributed by atoms with Gasteiger partial charge in [0.25, 0.3) is 5.91 Å². The largest absolute Gasteiger partial charge is 0.455 e. The number of carbonyl (C=O) groups excluding carboxylic acids is 3. The second kappa shape index (κ2) is 9.32. The minimum absolute atomic E-state index is 0.106. The number of hydrogen-bond donors (Lipinski definition) is 1. The Morgan fingerprint density at radius 1 is 1.07 bits per heavy atom. The summed E-state index contributed by atoms with van der Waals surface area (Å²) < 4.78 is 17.9. The first kappa shape index (κ1) is 20.5. The van der Waals surface area contributed by atoms with Crippen molar-refractivity contribution in [1.29, 1.82) is 0 Å². The van der Waals surface area contributed by atoms with Crippen LogP contribution in [-0.2, 0) is 38.4 Å². The summed E-state index contributed by atoms with van der Waals surface area (Å²) in [7, 11) is 1.45. The molecule has 0 radical (unpaired) electrons. The lowest BCUT2D eigenvalue weighted by Crippen LogP contribution is -2.37. The molecule has 0 bridgehead atoms. The van der Waals surface area contributed by atoms with E-state index >= 15 is 0 Å². The number of nitrogens with zero attached hydrogens (tertiary/aromatic N) is 1. The van der Waals surface area contributed by atoms with Gasteiger partial charge in [0.1, 0.15) is 5.82 Å². The molecule has 0 spiro atoms. The van der Waals surface area contributed by atoms with Crippen molar-refractivity contribution in [2.45, 2.75) is 25.7 Å². The van der Waals surface area contributed by atoms with Crippen LogP contribution in [0, 0.1) is 5.82 Å². The smallest absolute Gasteiger partial charge is 0.310 e. The van der Waals surface area contributed by atoms with Crippen LogP contribution in [-0.4, -0.2) is 42.9 Å². The Hall–Kier alpha value is -3.22. The highest BCUT2D eigenvalue weighted by atomic mass is 19.1. The van der Waals surface area contributed by atoms with Crippen molar-refractivity contribution in [3.05, 3.63) is 65.0 Å². The SMILES string of the molecule is CN(CC(=O)Nc1ccc(F)cc1)C(=O)COC(=O)Cc1ccc2c(c1)CCC2. The summed E-state index contributed by atoms with van der Waals surface area (Å²) in [5.41, 5.74) is 3.91. The van der Waals surface area contributed by atoms with Gasteiger partial charge in [0.2, 0.25) is 5.91 Å². The summed E-state index contributed by atoms with van der Waals surface area (Å²) in [6.07, 6.45) is 3.35. The molecule has 0 saturated heterocycles. The number of fused-ring (bicyclic) bond motifs is 1. The van der Waals surface area contributed by atoms with Crippen LogP contribution in [0.2, 0.25) is 0 Å². The first-order chi connectivity index (χ1) is 13.9. The first-order valence-electron chi connectivity index (χ1n) is 9.46. The molecule has 152 valence electrons. The van der Waals surface area contributed by atoms with Gasteiger partial charge in [0, 0.05) is 12.7 Å². The van der Waals surface area contributed by atoms with Crippen molar-refractivity contribution >= 4 is 23.5 Å². The molecule has 2 amide bonds. The van der Waals surface area contributed by atoms with Gasteiger partial charge in [-0.05, 0) is 60.2 Å². The fourth-order valence-electron chi connectivity index (χ4n) is 3.24. The highest BCUT2D eigenvalue weighted by Crippen LogP contribution is 2.23. The third-order valence-corrected chi connectivity index (χ3v) is 4.80. The molecular weight excluding hydrogens is 375 g/mol. The van der Waals surface area contributed by atoms with Crippen LogP contribution in [0.3, 0.4) is 0 Å². The van der Waals surface area contributed by atoms with Crippen LogP contribution in [0.5, 0.6) is 0 Å². The summed E-state index contributed by atoms with van der Waals surface area (Å²) >= 11 is 0. The number of halogens is 1. The zero-order valence-electron chi connectivity index (χ0n) is 16.2. The summed E-state index contributed by atoms with van der Waals surface area (Å²) in [6.45, 7) is -0.636. The van der Waals surface area contributed by atoms with Crippen LogP contribution in [0.1, 0.15) is 23.1 Å². The van der Waals surface area contributed by atoms with Gasteiger partial charge in [-0.25, -0.2) is 4.39 Å². The molecule has 0 aliphatic heterocycles. The van der Waals surface area contributed by atoms with E-state index in [1.807, 2.05) is 18.2 Å². The number of aryl methyl sites for hydroxylation is 2. The molecule has 2 aromatic rings. The van der Waals surface area contributed by atoms with Crippen molar-refractivity contribution in [3.8, 4) is 0 Å². The highest BCUT2D eigenvalue weighted by Gasteiger charge is 2.17. The second-order valence-corrected chi connectivity index (χ2v) is 7.10. The number of nitrogens with one attached hydrogen (secondary N) is 1. The van der Waals surface area contributed by atoms with Crippen LogP contribution >= 0.6 is 0 Å². The zero-order chi connectivity index (χ0) is 20.8. The number of likely N-dealkylation sites (N-methyl/N-ethyl adjacent to an activating group) is 1. The number of hydrogen-bond acceptors (Lipinski definition) is 4. The third kappa shape index (κ3) is 5.88.